The van der Waals surface area contributed by atoms with Crippen LogP contribution in [0.5, 0.6) is 11.5 Å². The Hall–Kier alpha value is -1.71. The number of carbonyl (C=O) groups is 1. The minimum Gasteiger partial charge on any atom is -0.493 e. The van der Waals surface area contributed by atoms with E-state index in [9.17, 15) is 4.79 Å². The summed E-state index contributed by atoms with van der Waals surface area (Å²) in [6.45, 7) is 9.64. The van der Waals surface area contributed by atoms with Crippen molar-refractivity contribution in [1.29, 1.82) is 0 Å². The van der Waals surface area contributed by atoms with Gasteiger partial charge in [-0.25, -0.2) is 4.79 Å². The van der Waals surface area contributed by atoms with Crippen molar-refractivity contribution in [1.82, 2.24) is 0 Å². The molecule has 1 unspecified atom stereocenters. The highest BCUT2D eigenvalue weighted by molar-refractivity contribution is 5.66. The number of methoxy groups -OCH3 is 1. The van der Waals surface area contributed by atoms with Gasteiger partial charge in [0.2, 0.25) is 0 Å². The fourth-order valence-electron chi connectivity index (χ4n) is 1.67. The Kier molecular flexibility index (Phi) is 5.43. The smallest absolute Gasteiger partial charge is 0.493 e. The molecule has 0 N–H and O–H groups in total. The van der Waals surface area contributed by atoms with Gasteiger partial charge in [-0.15, -0.1) is 0 Å². The zero-order chi connectivity index (χ0) is 15.3. The van der Waals surface area contributed by atoms with Crippen LogP contribution < -0.4 is 9.47 Å². The van der Waals surface area contributed by atoms with Gasteiger partial charge in [0.05, 0.1) is 7.11 Å². The van der Waals surface area contributed by atoms with Crippen molar-refractivity contribution in [3.05, 3.63) is 23.8 Å². The highest BCUT2D eigenvalue weighted by atomic mass is 16.7. The monoisotopic (exact) mass is 280 g/mol. The van der Waals surface area contributed by atoms with Crippen molar-refractivity contribution in [3.63, 3.8) is 0 Å². The van der Waals surface area contributed by atoms with Crippen LogP contribution in [-0.4, -0.2) is 18.9 Å². The number of benzene rings is 1. The number of hydrogen-bond acceptors (Lipinski definition) is 4. The van der Waals surface area contributed by atoms with Crippen molar-refractivity contribution < 1.29 is 19.0 Å². The fraction of sp³-hybridized carbons (Fsp3) is 0.562. The van der Waals surface area contributed by atoms with Gasteiger partial charge in [-0.1, -0.05) is 19.9 Å². The Morgan fingerprint density at radius 2 is 1.90 bits per heavy atom. The summed E-state index contributed by atoms with van der Waals surface area (Å²) in [6.07, 6.45) is 0.308. The first-order chi connectivity index (χ1) is 9.26. The summed E-state index contributed by atoms with van der Waals surface area (Å²) in [7, 11) is 1.55. The van der Waals surface area contributed by atoms with E-state index in [0.29, 0.717) is 17.4 Å². The summed E-state index contributed by atoms with van der Waals surface area (Å²) < 4.78 is 15.6. The fourth-order valence-corrected chi connectivity index (χ4v) is 1.67. The summed E-state index contributed by atoms with van der Waals surface area (Å²) in [6, 6.07) is 5.58. The van der Waals surface area contributed by atoms with Crippen molar-refractivity contribution in [2.45, 2.75) is 52.6 Å². The van der Waals surface area contributed by atoms with Crippen LogP contribution in [0.2, 0.25) is 0 Å². The van der Waals surface area contributed by atoms with Crippen LogP contribution in [0.15, 0.2) is 18.2 Å². The maximum absolute atomic E-state index is 11.7. The van der Waals surface area contributed by atoms with E-state index in [0.717, 1.165) is 12.0 Å². The zero-order valence-corrected chi connectivity index (χ0v) is 13.1. The van der Waals surface area contributed by atoms with E-state index in [1.54, 1.807) is 33.9 Å². The van der Waals surface area contributed by atoms with E-state index in [1.807, 2.05) is 12.1 Å². The van der Waals surface area contributed by atoms with Gasteiger partial charge in [-0.05, 0) is 50.8 Å². The summed E-state index contributed by atoms with van der Waals surface area (Å²) in [5.41, 5.74) is 0.571. The maximum Gasteiger partial charge on any atom is 0.514 e. The molecule has 1 aromatic rings. The van der Waals surface area contributed by atoms with Crippen LogP contribution in [0.3, 0.4) is 0 Å². The lowest BCUT2D eigenvalue weighted by Gasteiger charge is -2.19. The molecule has 0 bridgehead atoms. The van der Waals surface area contributed by atoms with Crippen molar-refractivity contribution in [2.24, 2.45) is 0 Å². The van der Waals surface area contributed by atoms with Crippen LogP contribution in [0.4, 0.5) is 4.79 Å². The molecule has 0 aliphatic carbocycles. The highest BCUT2D eigenvalue weighted by Gasteiger charge is 2.20. The van der Waals surface area contributed by atoms with E-state index in [4.69, 9.17) is 14.2 Å². The predicted octanol–water partition coefficient (Wildman–Crippen LogP) is 4.52. The van der Waals surface area contributed by atoms with Crippen LogP contribution in [-0.2, 0) is 4.74 Å². The lowest BCUT2D eigenvalue weighted by Crippen LogP contribution is -2.26. The van der Waals surface area contributed by atoms with Gasteiger partial charge < -0.3 is 14.2 Å². The van der Waals surface area contributed by atoms with E-state index in [2.05, 4.69) is 13.8 Å². The quantitative estimate of drug-likeness (QED) is 0.600. The molecule has 1 rings (SSSR count). The van der Waals surface area contributed by atoms with Gasteiger partial charge in [0.1, 0.15) is 5.60 Å². The minimum absolute atomic E-state index is 0.369. The molecule has 4 heteroatoms. The third-order valence-electron chi connectivity index (χ3n) is 2.95. The van der Waals surface area contributed by atoms with Crippen molar-refractivity contribution >= 4 is 6.16 Å². The Labute approximate surface area is 121 Å². The Morgan fingerprint density at radius 1 is 1.25 bits per heavy atom. The molecule has 0 aromatic heterocycles. The van der Waals surface area contributed by atoms with Gasteiger partial charge in [0, 0.05) is 0 Å². The average molecular weight is 280 g/mol. The average Bonchev–Trinajstić information content (AvgIpc) is 2.36. The van der Waals surface area contributed by atoms with Gasteiger partial charge in [-0.2, -0.15) is 0 Å². The molecule has 4 nitrogen and oxygen atoms in total. The SMILES string of the molecule is CCC(C)c1ccc(OC(=O)OC(C)(C)C)c(OC)c1. The molecule has 0 heterocycles. The largest absolute Gasteiger partial charge is 0.514 e. The van der Waals surface area contributed by atoms with Crippen molar-refractivity contribution in [3.8, 4) is 11.5 Å². The first-order valence-corrected chi connectivity index (χ1v) is 6.85. The van der Waals surface area contributed by atoms with E-state index in [1.165, 1.54) is 0 Å². The number of rotatable bonds is 4. The first-order valence-electron chi connectivity index (χ1n) is 6.85. The predicted molar refractivity (Wildman–Crippen MR) is 78.6 cm³/mol. The lowest BCUT2D eigenvalue weighted by atomic mass is 9.98. The molecule has 0 amide bonds. The van der Waals surface area contributed by atoms with Gasteiger partial charge in [-0.3, -0.25) is 0 Å². The van der Waals surface area contributed by atoms with Crippen LogP contribution in [0.25, 0.3) is 0 Å². The number of ether oxygens (including phenoxy) is 3. The Bertz CT molecular complexity index is 460. The van der Waals surface area contributed by atoms with Crippen LogP contribution in [0, 0.1) is 0 Å². The lowest BCUT2D eigenvalue weighted by molar-refractivity contribution is 0.0201. The standard InChI is InChI=1S/C16H24O4/c1-7-11(2)12-8-9-13(14(10-12)18-6)19-15(17)20-16(3,4)5/h8-11H,7H2,1-6H3. The number of hydrogen-bond donors (Lipinski definition) is 0. The minimum atomic E-state index is -0.730. The normalized spacial score (nSPS) is 12.7. The molecule has 1 atom stereocenters. The van der Waals surface area contributed by atoms with E-state index in [-0.39, 0.29) is 0 Å². The molecule has 0 saturated heterocycles. The molecule has 0 fully saturated rings. The zero-order valence-electron chi connectivity index (χ0n) is 13.1. The van der Waals surface area contributed by atoms with Crippen LogP contribution in [0.1, 0.15) is 52.5 Å². The summed E-state index contributed by atoms with van der Waals surface area (Å²) in [5, 5.41) is 0. The molecule has 20 heavy (non-hydrogen) atoms. The molecule has 0 radical (unpaired) electrons. The third kappa shape index (κ3) is 4.76. The van der Waals surface area contributed by atoms with E-state index >= 15 is 0 Å². The molecular formula is C16H24O4. The van der Waals surface area contributed by atoms with Gasteiger partial charge in [0.15, 0.2) is 11.5 Å². The molecule has 0 aliphatic rings. The Balaban J connectivity index is 2.88. The Morgan fingerprint density at radius 3 is 2.40 bits per heavy atom. The second-order valence-corrected chi connectivity index (χ2v) is 5.79. The molecule has 1 aromatic carbocycles. The third-order valence-corrected chi connectivity index (χ3v) is 2.95. The second-order valence-electron chi connectivity index (χ2n) is 5.79. The first kappa shape index (κ1) is 16.3. The van der Waals surface area contributed by atoms with Crippen molar-refractivity contribution in [2.75, 3.05) is 7.11 Å². The van der Waals surface area contributed by atoms with Gasteiger partial charge in [0.25, 0.3) is 0 Å². The topological polar surface area (TPSA) is 44.8 Å². The highest BCUT2D eigenvalue weighted by Crippen LogP contribution is 2.32. The molecule has 0 aliphatic heterocycles. The second kappa shape index (κ2) is 6.64. The maximum atomic E-state index is 11.7. The molecular weight excluding hydrogens is 256 g/mol. The van der Waals surface area contributed by atoms with E-state index < -0.39 is 11.8 Å². The summed E-state index contributed by atoms with van der Waals surface area (Å²) in [4.78, 5) is 11.7. The molecule has 0 spiro atoms. The van der Waals surface area contributed by atoms with Gasteiger partial charge >= 0.3 is 6.16 Å². The molecule has 0 saturated carbocycles. The number of carbonyl (C=O) groups excluding carboxylic acids is 1. The molecule has 112 valence electrons. The summed E-state index contributed by atoms with van der Waals surface area (Å²) in [5.74, 6) is 1.34. The van der Waals surface area contributed by atoms with Crippen LogP contribution >= 0.6 is 0 Å². The summed E-state index contributed by atoms with van der Waals surface area (Å²) >= 11 is 0.